The maximum atomic E-state index is 12.2. The van der Waals surface area contributed by atoms with Gasteiger partial charge in [-0.15, -0.1) is 10.1 Å². The van der Waals surface area contributed by atoms with Crippen molar-refractivity contribution in [3.63, 3.8) is 0 Å². The van der Waals surface area contributed by atoms with Crippen molar-refractivity contribution in [2.45, 2.75) is 18.4 Å². The SMILES string of the molecule is CC(=O)Oc1ccccc1C(=O)Oc1cccc(CO[N+](=O)[O-])c1.CS(=O)(=O)c1ccc(C2=C(c3ccccc3)C(=O)OC2)cc1. The molecule has 46 heavy (non-hydrogen) atoms. The molecule has 0 atom stereocenters. The third-order valence-corrected chi connectivity index (χ3v) is 7.48. The summed E-state index contributed by atoms with van der Waals surface area (Å²) in [7, 11) is -3.23. The fourth-order valence-electron chi connectivity index (χ4n) is 4.30. The molecule has 0 fully saturated rings. The highest BCUT2D eigenvalue weighted by molar-refractivity contribution is 7.90. The number of ether oxygens (including phenoxy) is 3. The van der Waals surface area contributed by atoms with E-state index in [0.29, 0.717) is 11.1 Å². The van der Waals surface area contributed by atoms with Gasteiger partial charge in [0, 0.05) is 18.8 Å². The standard InChI is InChI=1S/C17H14O4S.C16H13NO7/c1-22(19,20)14-9-7-12(8-10-14)15-11-21-17(18)16(15)13-5-3-2-4-6-13;1-11(18)23-15-8-3-2-7-14(15)16(19)24-13-6-4-5-12(9-13)10-22-17(20)21/h2-10H,11H2,1H3;2-9H,10H2,1H3. The molecule has 0 saturated carbocycles. The monoisotopic (exact) mass is 645 g/mol. The Hall–Kier alpha value is -5.82. The lowest BCUT2D eigenvalue weighted by Crippen LogP contribution is -2.12. The van der Waals surface area contributed by atoms with Crippen molar-refractivity contribution in [1.29, 1.82) is 0 Å². The van der Waals surface area contributed by atoms with Gasteiger partial charge in [-0.25, -0.2) is 18.0 Å². The van der Waals surface area contributed by atoms with Crippen molar-refractivity contribution in [2.24, 2.45) is 0 Å². The van der Waals surface area contributed by atoms with Crippen LogP contribution in [0.3, 0.4) is 0 Å². The number of para-hydroxylation sites is 1. The second kappa shape index (κ2) is 14.8. The molecular weight excluding hydrogens is 618 g/mol. The highest BCUT2D eigenvalue weighted by Crippen LogP contribution is 2.33. The average Bonchev–Trinajstić information content (AvgIpc) is 3.41. The van der Waals surface area contributed by atoms with Crippen LogP contribution in [0.1, 0.15) is 34.0 Å². The molecule has 13 heteroatoms. The van der Waals surface area contributed by atoms with Gasteiger partial charge in [0.05, 0.1) is 10.5 Å². The number of hydrogen-bond acceptors (Lipinski definition) is 11. The molecule has 236 valence electrons. The predicted molar refractivity (Wildman–Crippen MR) is 165 cm³/mol. The van der Waals surface area contributed by atoms with Gasteiger partial charge in [-0.05, 0) is 53.1 Å². The smallest absolute Gasteiger partial charge is 0.347 e. The maximum absolute atomic E-state index is 12.2. The summed E-state index contributed by atoms with van der Waals surface area (Å²) in [6.45, 7) is 1.16. The van der Waals surface area contributed by atoms with Gasteiger partial charge < -0.3 is 19.0 Å². The maximum Gasteiger partial charge on any atom is 0.347 e. The summed E-state index contributed by atoms with van der Waals surface area (Å²) in [6.07, 6.45) is 1.17. The van der Waals surface area contributed by atoms with Crippen molar-refractivity contribution < 1.29 is 46.9 Å². The lowest BCUT2D eigenvalue weighted by Gasteiger charge is -2.09. The molecule has 1 heterocycles. The van der Waals surface area contributed by atoms with Crippen LogP contribution >= 0.6 is 0 Å². The van der Waals surface area contributed by atoms with E-state index in [1.165, 1.54) is 37.4 Å². The van der Waals surface area contributed by atoms with E-state index >= 15 is 0 Å². The lowest BCUT2D eigenvalue weighted by molar-refractivity contribution is -0.763. The molecule has 0 unspecified atom stereocenters. The van der Waals surface area contributed by atoms with E-state index in [-0.39, 0.29) is 41.1 Å². The summed E-state index contributed by atoms with van der Waals surface area (Å²) in [5.74, 6) is -1.37. The van der Waals surface area contributed by atoms with Crippen LogP contribution in [-0.2, 0) is 35.6 Å². The van der Waals surface area contributed by atoms with Crippen molar-refractivity contribution in [2.75, 3.05) is 12.9 Å². The quantitative estimate of drug-likeness (QED) is 0.103. The first kappa shape index (κ1) is 33.1. The highest BCUT2D eigenvalue weighted by Gasteiger charge is 2.27. The Morgan fingerprint density at radius 3 is 2.20 bits per heavy atom. The minimum atomic E-state index is -3.23. The minimum Gasteiger partial charge on any atom is -0.457 e. The molecule has 12 nitrogen and oxygen atoms in total. The number of rotatable bonds is 9. The van der Waals surface area contributed by atoms with Gasteiger partial charge >= 0.3 is 17.9 Å². The Kier molecular flexibility index (Phi) is 10.6. The van der Waals surface area contributed by atoms with Crippen LogP contribution in [-0.4, -0.2) is 44.3 Å². The van der Waals surface area contributed by atoms with Crippen LogP contribution in [0.15, 0.2) is 108 Å². The zero-order chi connectivity index (χ0) is 33.3. The number of hydrogen-bond donors (Lipinski definition) is 0. The van der Waals surface area contributed by atoms with Crippen LogP contribution in [0.25, 0.3) is 11.1 Å². The zero-order valence-electron chi connectivity index (χ0n) is 24.6. The number of benzene rings is 4. The molecule has 0 N–H and O–H groups in total. The van der Waals surface area contributed by atoms with Crippen LogP contribution in [0, 0.1) is 10.1 Å². The summed E-state index contributed by atoms with van der Waals surface area (Å²) in [5.41, 5.74) is 3.44. The van der Waals surface area contributed by atoms with E-state index in [1.54, 1.807) is 48.5 Å². The van der Waals surface area contributed by atoms with Crippen molar-refractivity contribution >= 4 is 38.9 Å². The zero-order valence-corrected chi connectivity index (χ0v) is 25.4. The van der Waals surface area contributed by atoms with Gasteiger partial charge in [-0.3, -0.25) is 4.79 Å². The first-order valence-electron chi connectivity index (χ1n) is 13.5. The Bertz CT molecular complexity index is 1900. The topological polar surface area (TPSA) is 165 Å². The molecule has 0 amide bonds. The Morgan fingerprint density at radius 2 is 1.54 bits per heavy atom. The molecule has 0 spiro atoms. The molecule has 0 aliphatic carbocycles. The number of esters is 3. The first-order valence-corrected chi connectivity index (χ1v) is 15.4. The number of sulfone groups is 1. The molecule has 0 saturated heterocycles. The van der Waals surface area contributed by atoms with Crippen LogP contribution in [0.2, 0.25) is 0 Å². The Morgan fingerprint density at radius 1 is 0.870 bits per heavy atom. The second-order valence-corrected chi connectivity index (χ2v) is 11.7. The average molecular weight is 646 g/mol. The Balaban J connectivity index is 0.000000209. The summed E-state index contributed by atoms with van der Waals surface area (Å²) < 4.78 is 38.4. The molecule has 1 aliphatic heterocycles. The summed E-state index contributed by atoms with van der Waals surface area (Å²) >= 11 is 0. The van der Waals surface area contributed by atoms with Gasteiger partial charge in [0.2, 0.25) is 0 Å². The summed E-state index contributed by atoms with van der Waals surface area (Å²) in [4.78, 5) is 50.0. The highest BCUT2D eigenvalue weighted by atomic mass is 32.2. The van der Waals surface area contributed by atoms with E-state index < -0.39 is 26.9 Å². The van der Waals surface area contributed by atoms with Crippen LogP contribution in [0.5, 0.6) is 11.5 Å². The van der Waals surface area contributed by atoms with Crippen molar-refractivity contribution in [1.82, 2.24) is 0 Å². The van der Waals surface area contributed by atoms with Gasteiger partial charge in [-0.1, -0.05) is 66.7 Å². The van der Waals surface area contributed by atoms with Crippen molar-refractivity contribution in [3.05, 3.63) is 135 Å². The van der Waals surface area contributed by atoms with E-state index in [4.69, 9.17) is 14.2 Å². The Labute approximate surface area is 263 Å². The lowest BCUT2D eigenvalue weighted by atomic mass is 9.97. The molecule has 0 radical (unpaired) electrons. The summed E-state index contributed by atoms with van der Waals surface area (Å²) in [5, 5.41) is 9.29. The van der Waals surface area contributed by atoms with Gasteiger partial charge in [0.25, 0.3) is 5.09 Å². The number of nitrogens with zero attached hydrogens (tertiary/aromatic N) is 1. The minimum absolute atomic E-state index is 0.0830. The van der Waals surface area contributed by atoms with Crippen molar-refractivity contribution in [3.8, 4) is 11.5 Å². The number of cyclic esters (lactones) is 1. The fourth-order valence-corrected chi connectivity index (χ4v) is 4.93. The van der Waals surface area contributed by atoms with E-state index in [0.717, 1.165) is 16.7 Å². The van der Waals surface area contributed by atoms with Gasteiger partial charge in [0.1, 0.15) is 30.3 Å². The van der Waals surface area contributed by atoms with Crippen LogP contribution < -0.4 is 9.47 Å². The van der Waals surface area contributed by atoms with E-state index in [1.807, 2.05) is 30.3 Å². The molecule has 4 aromatic carbocycles. The van der Waals surface area contributed by atoms with Gasteiger partial charge in [-0.2, -0.15) is 0 Å². The fraction of sp³-hybridized carbons (Fsp3) is 0.121. The molecule has 5 rings (SSSR count). The van der Waals surface area contributed by atoms with Gasteiger partial charge in [0.15, 0.2) is 9.84 Å². The third-order valence-electron chi connectivity index (χ3n) is 6.35. The van der Waals surface area contributed by atoms with E-state index in [9.17, 15) is 32.9 Å². The molecule has 4 aromatic rings. The molecule has 1 aliphatic rings. The largest absolute Gasteiger partial charge is 0.457 e. The number of carbonyl (C=O) groups is 3. The second-order valence-electron chi connectivity index (χ2n) is 9.72. The predicted octanol–water partition coefficient (Wildman–Crippen LogP) is 5.10. The summed E-state index contributed by atoms with van der Waals surface area (Å²) in [6, 6.07) is 28.1. The first-order chi connectivity index (χ1) is 21.9. The number of carbonyl (C=O) groups excluding carboxylic acids is 3. The van der Waals surface area contributed by atoms with Crippen LogP contribution in [0.4, 0.5) is 0 Å². The molecule has 0 bridgehead atoms. The van der Waals surface area contributed by atoms with E-state index in [2.05, 4.69) is 4.84 Å². The normalized spacial score (nSPS) is 12.3. The third kappa shape index (κ3) is 8.86. The molecular formula is C33H27NO11S. The molecule has 0 aromatic heterocycles.